The fourth-order valence-corrected chi connectivity index (χ4v) is 3.75. The Hall–Kier alpha value is -0.0800. The number of nitrogens with one attached hydrogen (secondary N) is 1. The van der Waals surface area contributed by atoms with Crippen molar-refractivity contribution >= 4 is 0 Å². The van der Waals surface area contributed by atoms with E-state index in [1.54, 1.807) is 0 Å². The summed E-state index contributed by atoms with van der Waals surface area (Å²) in [5.74, 6) is 0.875. The minimum Gasteiger partial charge on any atom is -0.392 e. The first-order valence-corrected chi connectivity index (χ1v) is 12.6. The molecule has 0 fully saturated rings. The predicted molar refractivity (Wildman–Crippen MR) is 122 cm³/mol. The van der Waals surface area contributed by atoms with E-state index >= 15 is 0 Å². The van der Waals surface area contributed by atoms with Gasteiger partial charge in [-0.05, 0) is 25.3 Å². The fourth-order valence-electron chi connectivity index (χ4n) is 3.75. The van der Waals surface area contributed by atoms with Crippen molar-refractivity contribution in [1.82, 2.24) is 5.32 Å². The van der Waals surface area contributed by atoms with E-state index in [0.29, 0.717) is 0 Å². The van der Waals surface area contributed by atoms with Gasteiger partial charge in [-0.25, -0.2) is 0 Å². The largest absolute Gasteiger partial charge is 0.392 e. The van der Waals surface area contributed by atoms with Crippen molar-refractivity contribution in [2.24, 2.45) is 5.92 Å². The smallest absolute Gasteiger partial charge is 0.0664 e. The maximum atomic E-state index is 10.0. The second-order valence-electron chi connectivity index (χ2n) is 9.13. The Kier molecular flexibility index (Phi) is 22.1. The van der Waals surface area contributed by atoms with Gasteiger partial charge in [0.25, 0.3) is 0 Å². The van der Waals surface area contributed by atoms with E-state index in [-0.39, 0.29) is 6.10 Å². The Bertz CT molecular complexity index is 267. The van der Waals surface area contributed by atoms with Crippen molar-refractivity contribution in [3.8, 4) is 0 Å². The number of aliphatic hydroxyl groups excluding tert-OH is 1. The van der Waals surface area contributed by atoms with Crippen molar-refractivity contribution in [3.63, 3.8) is 0 Å². The highest BCUT2D eigenvalue weighted by molar-refractivity contribution is 4.60. The third kappa shape index (κ3) is 23.9. The van der Waals surface area contributed by atoms with Crippen LogP contribution in [0.4, 0.5) is 0 Å². The Labute approximate surface area is 172 Å². The highest BCUT2D eigenvalue weighted by Gasteiger charge is 2.03. The number of hydrogen-bond acceptors (Lipinski definition) is 2. The molecule has 1 unspecified atom stereocenters. The normalized spacial score (nSPS) is 12.8. The van der Waals surface area contributed by atoms with Crippen LogP contribution >= 0.6 is 0 Å². The first-order valence-electron chi connectivity index (χ1n) is 12.6. The van der Waals surface area contributed by atoms with Gasteiger partial charge in [0.2, 0.25) is 0 Å². The minimum absolute atomic E-state index is 0.142. The molecule has 164 valence electrons. The quantitative estimate of drug-likeness (QED) is 0.188. The summed E-state index contributed by atoms with van der Waals surface area (Å²) in [5, 5.41) is 13.5. The Morgan fingerprint density at radius 1 is 0.593 bits per heavy atom. The standard InChI is InChI=1S/C25H53NO/c1-4-5-6-7-11-15-18-21-25(27)23-26-22-19-16-13-10-8-9-12-14-17-20-24(2)3/h24-27H,4-23H2,1-3H3. The van der Waals surface area contributed by atoms with Crippen molar-refractivity contribution in [2.45, 2.75) is 142 Å². The molecule has 0 amide bonds. The van der Waals surface area contributed by atoms with Crippen LogP contribution < -0.4 is 5.32 Å². The zero-order valence-electron chi connectivity index (χ0n) is 19.2. The summed E-state index contributed by atoms with van der Waals surface area (Å²) in [6.45, 7) is 8.77. The van der Waals surface area contributed by atoms with Crippen LogP contribution in [-0.2, 0) is 0 Å². The van der Waals surface area contributed by atoms with E-state index in [9.17, 15) is 5.11 Å². The van der Waals surface area contributed by atoms with Crippen LogP contribution in [0.1, 0.15) is 136 Å². The van der Waals surface area contributed by atoms with E-state index < -0.39 is 0 Å². The maximum Gasteiger partial charge on any atom is 0.0664 e. The van der Waals surface area contributed by atoms with Crippen LogP contribution in [0.25, 0.3) is 0 Å². The first kappa shape index (κ1) is 26.9. The molecule has 0 aromatic carbocycles. The zero-order chi connectivity index (χ0) is 20.0. The molecule has 2 heteroatoms. The van der Waals surface area contributed by atoms with Crippen molar-refractivity contribution < 1.29 is 5.11 Å². The molecule has 0 spiro atoms. The van der Waals surface area contributed by atoms with Gasteiger partial charge in [0, 0.05) is 6.54 Å². The first-order chi connectivity index (χ1) is 13.2. The van der Waals surface area contributed by atoms with Gasteiger partial charge in [0.05, 0.1) is 6.10 Å². The molecule has 1 atom stereocenters. The van der Waals surface area contributed by atoms with Crippen molar-refractivity contribution in [2.75, 3.05) is 13.1 Å². The van der Waals surface area contributed by atoms with E-state index in [4.69, 9.17) is 0 Å². The highest BCUT2D eigenvalue weighted by atomic mass is 16.3. The van der Waals surface area contributed by atoms with E-state index in [2.05, 4.69) is 26.1 Å². The fraction of sp³-hybridized carbons (Fsp3) is 1.00. The molecule has 0 bridgehead atoms. The van der Waals surface area contributed by atoms with Gasteiger partial charge in [-0.3, -0.25) is 0 Å². The maximum absolute atomic E-state index is 10.0. The molecule has 2 N–H and O–H groups in total. The molecule has 27 heavy (non-hydrogen) atoms. The molecule has 0 aliphatic heterocycles. The average Bonchev–Trinajstić information content (AvgIpc) is 2.64. The molecule has 0 aromatic heterocycles. The van der Waals surface area contributed by atoms with Crippen LogP contribution in [0.5, 0.6) is 0 Å². The molecule has 0 aliphatic rings. The topological polar surface area (TPSA) is 32.3 Å². The second-order valence-corrected chi connectivity index (χ2v) is 9.13. The number of hydrogen-bond donors (Lipinski definition) is 2. The second kappa shape index (κ2) is 22.2. The van der Waals surface area contributed by atoms with Gasteiger partial charge >= 0.3 is 0 Å². The van der Waals surface area contributed by atoms with E-state index in [1.165, 1.54) is 109 Å². The third-order valence-corrected chi connectivity index (χ3v) is 5.66. The summed E-state index contributed by atoms with van der Waals surface area (Å²) in [5.41, 5.74) is 0. The lowest BCUT2D eigenvalue weighted by atomic mass is 10.0. The number of rotatable bonds is 22. The van der Waals surface area contributed by atoms with Gasteiger partial charge in [-0.2, -0.15) is 0 Å². The molecule has 0 rings (SSSR count). The van der Waals surface area contributed by atoms with Gasteiger partial charge in [-0.1, -0.05) is 124 Å². The molecule has 2 nitrogen and oxygen atoms in total. The summed E-state index contributed by atoms with van der Waals surface area (Å²) in [7, 11) is 0. The summed E-state index contributed by atoms with van der Waals surface area (Å²) < 4.78 is 0. The highest BCUT2D eigenvalue weighted by Crippen LogP contribution is 2.13. The van der Waals surface area contributed by atoms with Crippen LogP contribution in [0.3, 0.4) is 0 Å². The summed E-state index contributed by atoms with van der Waals surface area (Å²) in [6.07, 6.45) is 24.1. The lowest BCUT2D eigenvalue weighted by molar-refractivity contribution is 0.158. The predicted octanol–water partition coefficient (Wildman–Crippen LogP) is 7.63. The lowest BCUT2D eigenvalue weighted by Gasteiger charge is -2.11. The average molecular weight is 384 g/mol. The van der Waals surface area contributed by atoms with Crippen LogP contribution in [0.2, 0.25) is 0 Å². The number of aliphatic hydroxyl groups is 1. The Balaban J connectivity index is 3.12. The van der Waals surface area contributed by atoms with E-state index in [0.717, 1.165) is 25.4 Å². The summed E-state index contributed by atoms with van der Waals surface area (Å²) in [6, 6.07) is 0. The summed E-state index contributed by atoms with van der Waals surface area (Å²) >= 11 is 0. The number of unbranched alkanes of at least 4 members (excludes halogenated alkanes) is 14. The zero-order valence-corrected chi connectivity index (χ0v) is 19.2. The molecule has 0 aromatic rings. The minimum atomic E-state index is -0.142. The Morgan fingerprint density at radius 3 is 1.56 bits per heavy atom. The SMILES string of the molecule is CCCCCCCCCC(O)CNCCCCCCCCCCCC(C)C. The molecule has 0 aliphatic carbocycles. The van der Waals surface area contributed by atoms with Crippen molar-refractivity contribution in [3.05, 3.63) is 0 Å². The van der Waals surface area contributed by atoms with Gasteiger partial charge in [0.1, 0.15) is 0 Å². The van der Waals surface area contributed by atoms with Gasteiger partial charge in [-0.15, -0.1) is 0 Å². The van der Waals surface area contributed by atoms with Gasteiger partial charge < -0.3 is 10.4 Å². The van der Waals surface area contributed by atoms with Crippen molar-refractivity contribution in [1.29, 1.82) is 0 Å². The molecular formula is C25H53NO. The monoisotopic (exact) mass is 383 g/mol. The van der Waals surface area contributed by atoms with Crippen LogP contribution in [-0.4, -0.2) is 24.3 Å². The molecule has 0 heterocycles. The third-order valence-electron chi connectivity index (χ3n) is 5.66. The molecule has 0 radical (unpaired) electrons. The van der Waals surface area contributed by atoms with Crippen LogP contribution in [0, 0.1) is 5.92 Å². The van der Waals surface area contributed by atoms with E-state index in [1.807, 2.05) is 0 Å². The Morgan fingerprint density at radius 2 is 1.04 bits per heavy atom. The van der Waals surface area contributed by atoms with Crippen LogP contribution in [0.15, 0.2) is 0 Å². The molecular weight excluding hydrogens is 330 g/mol. The molecule has 0 saturated carbocycles. The van der Waals surface area contributed by atoms with Gasteiger partial charge in [0.15, 0.2) is 0 Å². The summed E-state index contributed by atoms with van der Waals surface area (Å²) in [4.78, 5) is 0. The lowest BCUT2D eigenvalue weighted by Crippen LogP contribution is -2.27. The molecule has 0 saturated heterocycles.